The van der Waals surface area contributed by atoms with Crippen molar-refractivity contribution >= 4 is 11.8 Å². The van der Waals surface area contributed by atoms with Gasteiger partial charge in [0.1, 0.15) is 0 Å². The minimum Gasteiger partial charge on any atom is -0.463 e. The van der Waals surface area contributed by atoms with Gasteiger partial charge in [0.25, 0.3) is 0 Å². The summed E-state index contributed by atoms with van der Waals surface area (Å²) in [6.07, 6.45) is 3.62. The maximum atomic E-state index is 12.1. The summed E-state index contributed by atoms with van der Waals surface area (Å²) >= 11 is 0. The molecule has 1 rings (SSSR count). The highest BCUT2D eigenvalue weighted by Crippen LogP contribution is 2.21. The maximum Gasteiger partial charge on any atom is 0.374 e. The number of allylic oxidation sites excluding steroid dienone is 1. The van der Waals surface area contributed by atoms with Crippen LogP contribution in [0, 0.1) is 11.8 Å². The lowest BCUT2D eigenvalue weighted by molar-refractivity contribution is -0.154. The second kappa shape index (κ2) is 9.68. The summed E-state index contributed by atoms with van der Waals surface area (Å²) in [5.41, 5.74) is 1.05. The summed E-state index contributed by atoms with van der Waals surface area (Å²) in [6.45, 7) is 8.12. The predicted molar refractivity (Wildman–Crippen MR) is 85.1 cm³/mol. The van der Waals surface area contributed by atoms with Gasteiger partial charge in [-0.05, 0) is 12.0 Å². The molecule has 22 heavy (non-hydrogen) atoms. The SMILES string of the molecule is C=CC[C@@H](C(=O)C(=O)OC)[C@@H](C=C)COCc1ccccc1. The van der Waals surface area contributed by atoms with Crippen molar-refractivity contribution in [2.45, 2.75) is 13.0 Å². The Kier molecular flexibility index (Phi) is 7.86. The van der Waals surface area contributed by atoms with Gasteiger partial charge in [0.05, 0.1) is 20.3 Å². The molecule has 118 valence electrons. The molecule has 0 bridgehead atoms. The van der Waals surface area contributed by atoms with Gasteiger partial charge in [0.15, 0.2) is 0 Å². The van der Waals surface area contributed by atoms with Crippen molar-refractivity contribution in [3.8, 4) is 0 Å². The van der Waals surface area contributed by atoms with Crippen LogP contribution in [0.2, 0.25) is 0 Å². The number of carbonyl (C=O) groups is 2. The molecule has 0 fully saturated rings. The summed E-state index contributed by atoms with van der Waals surface area (Å²) in [5.74, 6) is -2.25. The molecule has 0 heterocycles. The Morgan fingerprint density at radius 3 is 2.45 bits per heavy atom. The van der Waals surface area contributed by atoms with Crippen LogP contribution in [0.4, 0.5) is 0 Å². The lowest BCUT2D eigenvalue weighted by Crippen LogP contribution is -2.31. The topological polar surface area (TPSA) is 52.6 Å². The minimum absolute atomic E-state index is 0.270. The van der Waals surface area contributed by atoms with E-state index >= 15 is 0 Å². The number of methoxy groups -OCH3 is 1. The van der Waals surface area contributed by atoms with E-state index in [0.717, 1.165) is 5.56 Å². The Morgan fingerprint density at radius 1 is 1.23 bits per heavy atom. The zero-order valence-corrected chi connectivity index (χ0v) is 12.9. The van der Waals surface area contributed by atoms with Crippen LogP contribution in [-0.2, 0) is 25.7 Å². The van der Waals surface area contributed by atoms with Crippen molar-refractivity contribution in [1.82, 2.24) is 0 Å². The van der Waals surface area contributed by atoms with Crippen molar-refractivity contribution in [3.05, 3.63) is 61.2 Å². The molecule has 0 saturated heterocycles. The highest BCUT2D eigenvalue weighted by Gasteiger charge is 2.30. The average Bonchev–Trinajstić information content (AvgIpc) is 2.56. The third-order valence-electron chi connectivity index (χ3n) is 3.39. The van der Waals surface area contributed by atoms with Crippen molar-refractivity contribution < 1.29 is 19.1 Å². The number of Topliss-reactive ketones (excluding diaryl/α,β-unsaturated/α-hetero) is 1. The molecule has 0 spiro atoms. The lowest BCUT2D eigenvalue weighted by atomic mass is 9.86. The molecule has 0 aliphatic rings. The molecule has 4 heteroatoms. The molecule has 0 radical (unpaired) electrons. The van der Waals surface area contributed by atoms with Crippen LogP contribution in [0.1, 0.15) is 12.0 Å². The number of carbonyl (C=O) groups excluding carboxylic acids is 2. The van der Waals surface area contributed by atoms with Gasteiger partial charge < -0.3 is 9.47 Å². The quantitative estimate of drug-likeness (QED) is 0.379. The Bertz CT molecular complexity index is 507. The van der Waals surface area contributed by atoms with E-state index in [1.807, 2.05) is 30.3 Å². The summed E-state index contributed by atoms with van der Waals surface area (Å²) in [5, 5.41) is 0. The zero-order valence-electron chi connectivity index (χ0n) is 12.9. The fourth-order valence-corrected chi connectivity index (χ4v) is 2.14. The van der Waals surface area contributed by atoms with Crippen LogP contribution in [0.5, 0.6) is 0 Å². The number of benzene rings is 1. The van der Waals surface area contributed by atoms with Crippen LogP contribution >= 0.6 is 0 Å². The predicted octanol–water partition coefficient (Wildman–Crippen LogP) is 2.94. The molecular weight excluding hydrogens is 280 g/mol. The summed E-state index contributed by atoms with van der Waals surface area (Å²) in [6, 6.07) is 9.73. The average molecular weight is 302 g/mol. The Hall–Kier alpha value is -2.20. The number of ketones is 1. The molecule has 0 aliphatic carbocycles. The van der Waals surface area contributed by atoms with Gasteiger partial charge in [-0.3, -0.25) is 4.79 Å². The second-order valence-electron chi connectivity index (χ2n) is 4.89. The van der Waals surface area contributed by atoms with Crippen molar-refractivity contribution in [2.24, 2.45) is 11.8 Å². The third kappa shape index (κ3) is 5.30. The monoisotopic (exact) mass is 302 g/mol. The first-order valence-electron chi connectivity index (χ1n) is 7.11. The molecule has 4 nitrogen and oxygen atoms in total. The first-order chi connectivity index (χ1) is 10.6. The van der Waals surface area contributed by atoms with Crippen LogP contribution in [-0.4, -0.2) is 25.5 Å². The van der Waals surface area contributed by atoms with Crippen molar-refractivity contribution in [3.63, 3.8) is 0 Å². The smallest absolute Gasteiger partial charge is 0.374 e. The first kappa shape index (κ1) is 17.9. The molecule has 2 atom stereocenters. The Balaban J connectivity index is 2.65. The number of hydrogen-bond donors (Lipinski definition) is 0. The molecular formula is C18H22O4. The molecule has 0 N–H and O–H groups in total. The number of hydrogen-bond acceptors (Lipinski definition) is 4. The van der Waals surface area contributed by atoms with Gasteiger partial charge in [-0.2, -0.15) is 0 Å². The molecule has 0 amide bonds. The van der Waals surface area contributed by atoms with E-state index in [1.165, 1.54) is 7.11 Å². The van der Waals surface area contributed by atoms with E-state index in [0.29, 0.717) is 19.6 Å². The molecule has 0 aliphatic heterocycles. The van der Waals surface area contributed by atoms with E-state index in [-0.39, 0.29) is 5.92 Å². The molecule has 0 saturated carbocycles. The van der Waals surface area contributed by atoms with Crippen LogP contribution < -0.4 is 0 Å². The molecule has 1 aromatic carbocycles. The fourth-order valence-electron chi connectivity index (χ4n) is 2.14. The van der Waals surface area contributed by atoms with E-state index in [4.69, 9.17) is 4.74 Å². The van der Waals surface area contributed by atoms with Crippen LogP contribution in [0.25, 0.3) is 0 Å². The maximum absolute atomic E-state index is 12.1. The molecule has 0 unspecified atom stereocenters. The summed E-state index contributed by atoms with van der Waals surface area (Å²) in [4.78, 5) is 23.5. The van der Waals surface area contributed by atoms with Gasteiger partial charge in [-0.1, -0.05) is 42.5 Å². The minimum atomic E-state index is -0.846. The van der Waals surface area contributed by atoms with Crippen molar-refractivity contribution in [1.29, 1.82) is 0 Å². The normalized spacial score (nSPS) is 13.0. The zero-order chi connectivity index (χ0) is 16.4. The van der Waals surface area contributed by atoms with Crippen molar-refractivity contribution in [2.75, 3.05) is 13.7 Å². The lowest BCUT2D eigenvalue weighted by Gasteiger charge is -2.21. The third-order valence-corrected chi connectivity index (χ3v) is 3.39. The van der Waals surface area contributed by atoms with Gasteiger partial charge in [-0.15, -0.1) is 13.2 Å². The number of ether oxygens (including phenoxy) is 2. The highest BCUT2D eigenvalue weighted by molar-refractivity contribution is 6.34. The standard InChI is InChI=1S/C18H22O4/c1-4-9-16(17(19)18(20)21-3)15(5-2)13-22-12-14-10-7-6-8-11-14/h4-8,10-11,15-16H,1-2,9,12-13H2,3H3/t15-,16+/m0/s1. The second-order valence-corrected chi connectivity index (χ2v) is 4.89. The first-order valence-corrected chi connectivity index (χ1v) is 7.11. The molecule has 0 aromatic heterocycles. The Labute approximate surface area is 131 Å². The van der Waals surface area contributed by atoms with Gasteiger partial charge in [0, 0.05) is 11.8 Å². The van der Waals surface area contributed by atoms with E-state index < -0.39 is 17.7 Å². The summed E-state index contributed by atoms with van der Waals surface area (Å²) < 4.78 is 10.2. The van der Waals surface area contributed by atoms with Gasteiger partial charge in [0.2, 0.25) is 5.78 Å². The largest absolute Gasteiger partial charge is 0.463 e. The number of esters is 1. The highest BCUT2D eigenvalue weighted by atomic mass is 16.5. The van der Waals surface area contributed by atoms with Gasteiger partial charge >= 0.3 is 5.97 Å². The van der Waals surface area contributed by atoms with Crippen LogP contribution in [0.3, 0.4) is 0 Å². The van der Waals surface area contributed by atoms with E-state index in [2.05, 4.69) is 17.9 Å². The fraction of sp³-hybridized carbons (Fsp3) is 0.333. The van der Waals surface area contributed by atoms with E-state index in [9.17, 15) is 9.59 Å². The number of rotatable bonds is 10. The van der Waals surface area contributed by atoms with E-state index in [1.54, 1.807) is 12.2 Å². The van der Waals surface area contributed by atoms with Gasteiger partial charge in [-0.25, -0.2) is 4.79 Å². The summed E-state index contributed by atoms with van der Waals surface area (Å²) in [7, 11) is 1.19. The van der Waals surface area contributed by atoms with Crippen LogP contribution in [0.15, 0.2) is 55.6 Å². The molecule has 1 aromatic rings. The Morgan fingerprint density at radius 2 is 1.91 bits per heavy atom.